The lowest BCUT2D eigenvalue weighted by Crippen LogP contribution is -2.07. The van der Waals surface area contributed by atoms with Crippen LogP contribution < -0.4 is 18.9 Å². The summed E-state index contributed by atoms with van der Waals surface area (Å²) >= 11 is 0. The predicted molar refractivity (Wildman–Crippen MR) is 245 cm³/mol. The highest BCUT2D eigenvalue weighted by Crippen LogP contribution is 2.36. The second-order valence-electron chi connectivity index (χ2n) is 14.5. The molecule has 0 aliphatic carbocycles. The van der Waals surface area contributed by atoms with Crippen molar-refractivity contribution >= 4 is 11.9 Å². The summed E-state index contributed by atoms with van der Waals surface area (Å²) in [5.41, 5.74) is 9.76. The summed E-state index contributed by atoms with van der Waals surface area (Å²) in [6.45, 7) is 6.93. The van der Waals surface area contributed by atoms with E-state index in [2.05, 4.69) is 14.5 Å². The summed E-state index contributed by atoms with van der Waals surface area (Å²) in [7, 11) is 3.29. The predicted octanol–water partition coefficient (Wildman–Crippen LogP) is 10.7. The monoisotopic (exact) mass is 856 g/mol. The molecular weight excluding hydrogens is 809 g/mol. The van der Waals surface area contributed by atoms with E-state index in [1.54, 1.807) is 45.7 Å². The molecule has 8 aromatic rings. The fraction of sp³-hybridized carbons (Fsp3) is 0.154. The third-order valence-electron chi connectivity index (χ3n) is 10.3. The number of aromatic carboxylic acids is 1. The number of hydrogen-bond acceptors (Lipinski definition) is 9. The van der Waals surface area contributed by atoms with Crippen LogP contribution in [0.15, 0.2) is 158 Å². The molecule has 64 heavy (non-hydrogen) atoms. The average Bonchev–Trinajstić information content (AvgIpc) is 3.92. The molecule has 0 saturated heterocycles. The third-order valence-corrected chi connectivity index (χ3v) is 10.3. The van der Waals surface area contributed by atoms with Gasteiger partial charge in [0.2, 0.25) is 0 Å². The highest BCUT2D eigenvalue weighted by atomic mass is 16.5. The Hall–Kier alpha value is -8.12. The van der Waals surface area contributed by atoms with Crippen molar-refractivity contribution in [3.8, 4) is 56.9 Å². The number of carbonyl (C=O) groups excluding carboxylic acids is 1. The largest absolute Gasteiger partial charge is 0.497 e. The molecule has 8 rings (SSSR count). The van der Waals surface area contributed by atoms with Crippen molar-refractivity contribution in [2.45, 2.75) is 34.0 Å². The van der Waals surface area contributed by atoms with Crippen molar-refractivity contribution in [2.75, 3.05) is 20.8 Å². The molecule has 12 nitrogen and oxygen atoms in total. The first-order valence-electron chi connectivity index (χ1n) is 20.6. The van der Waals surface area contributed by atoms with Crippen molar-refractivity contribution in [2.24, 2.45) is 0 Å². The van der Waals surface area contributed by atoms with Crippen molar-refractivity contribution in [3.05, 3.63) is 192 Å². The number of rotatable bonds is 15. The van der Waals surface area contributed by atoms with Crippen LogP contribution in [0.2, 0.25) is 0 Å². The number of nitrogens with zero attached hydrogens (tertiary/aromatic N) is 4. The second-order valence-corrected chi connectivity index (χ2v) is 14.5. The summed E-state index contributed by atoms with van der Waals surface area (Å²) in [4.78, 5) is 32.0. The lowest BCUT2D eigenvalue weighted by Gasteiger charge is -2.16. The van der Waals surface area contributed by atoms with E-state index in [4.69, 9.17) is 23.7 Å². The Morgan fingerprint density at radius 2 is 1.00 bits per heavy atom. The van der Waals surface area contributed by atoms with Crippen LogP contribution in [0.4, 0.5) is 0 Å². The minimum Gasteiger partial charge on any atom is -0.497 e. The quantitative estimate of drug-likeness (QED) is 0.0992. The molecule has 0 bridgehead atoms. The maximum absolute atomic E-state index is 12.2. The van der Waals surface area contributed by atoms with Crippen molar-refractivity contribution < 1.29 is 38.4 Å². The number of para-hydroxylation sites is 2. The molecule has 4 aromatic carbocycles. The van der Waals surface area contributed by atoms with Gasteiger partial charge in [-0.3, -0.25) is 9.97 Å². The molecule has 324 valence electrons. The van der Waals surface area contributed by atoms with Gasteiger partial charge in [-0.25, -0.2) is 9.59 Å². The Morgan fingerprint density at radius 3 is 1.44 bits per heavy atom. The summed E-state index contributed by atoms with van der Waals surface area (Å²) in [6, 6.07) is 42.8. The first kappa shape index (κ1) is 44.0. The summed E-state index contributed by atoms with van der Waals surface area (Å²) < 4.78 is 32.0. The first-order valence-corrected chi connectivity index (χ1v) is 20.6. The van der Waals surface area contributed by atoms with Crippen LogP contribution in [0, 0.1) is 13.8 Å². The van der Waals surface area contributed by atoms with Crippen molar-refractivity contribution in [1.82, 2.24) is 19.1 Å². The number of hydrogen-bond donors (Lipinski definition) is 1. The molecule has 0 radical (unpaired) electrons. The third kappa shape index (κ3) is 10.3. The molecule has 0 atom stereocenters. The topological polar surface area (TPSA) is 136 Å². The van der Waals surface area contributed by atoms with Gasteiger partial charge in [-0.15, -0.1) is 0 Å². The Balaban J connectivity index is 0.000000192. The maximum Gasteiger partial charge on any atom is 0.339 e. The van der Waals surface area contributed by atoms with Crippen LogP contribution in [0.5, 0.6) is 23.0 Å². The normalized spacial score (nSPS) is 10.6. The number of aromatic nitrogens is 4. The minimum atomic E-state index is -1.01. The lowest BCUT2D eigenvalue weighted by molar-refractivity contribution is 0.0525. The number of aryl methyl sites for hydroxylation is 2. The number of pyridine rings is 2. The number of carboxylic acid groups (broad SMARTS) is 1. The van der Waals surface area contributed by atoms with Crippen molar-refractivity contribution in [3.63, 3.8) is 0 Å². The van der Waals surface area contributed by atoms with Gasteiger partial charge >= 0.3 is 11.9 Å². The Morgan fingerprint density at radius 1 is 0.562 bits per heavy atom. The molecule has 0 fully saturated rings. The van der Waals surface area contributed by atoms with E-state index in [-0.39, 0.29) is 11.5 Å². The molecule has 0 unspecified atom stereocenters. The zero-order valence-electron chi connectivity index (χ0n) is 36.2. The summed E-state index contributed by atoms with van der Waals surface area (Å²) in [5.74, 6) is 1.72. The number of benzene rings is 4. The van der Waals surface area contributed by atoms with E-state index in [9.17, 15) is 14.7 Å². The van der Waals surface area contributed by atoms with Crippen molar-refractivity contribution in [1.29, 1.82) is 0 Å². The molecular formula is C52H48N4O8. The van der Waals surface area contributed by atoms with Gasteiger partial charge in [0.25, 0.3) is 0 Å². The summed E-state index contributed by atoms with van der Waals surface area (Å²) in [6.07, 6.45) is 6.26. The number of methoxy groups -OCH3 is 2. The van der Waals surface area contributed by atoms with E-state index < -0.39 is 5.97 Å². The first-order chi connectivity index (χ1) is 31.2. The highest BCUT2D eigenvalue weighted by Gasteiger charge is 2.18. The van der Waals surface area contributed by atoms with Gasteiger partial charge in [0.15, 0.2) is 0 Å². The van der Waals surface area contributed by atoms with Gasteiger partial charge in [-0.1, -0.05) is 48.5 Å². The zero-order chi connectivity index (χ0) is 45.0. The average molecular weight is 857 g/mol. The molecule has 0 aliphatic rings. The SMILES string of the molecule is CCOC(=O)c1cncc(-n2c(C)ccc2-c2ccccc2OCc2ccc(OC)cc2)c1.COc1ccc(COc2ccccc2-c2ccc(C)n2-c2cncc(C(=O)O)c2)cc1. The summed E-state index contributed by atoms with van der Waals surface area (Å²) in [5, 5.41) is 9.34. The lowest BCUT2D eigenvalue weighted by atomic mass is 10.1. The van der Waals surface area contributed by atoms with Crippen LogP contribution in [-0.2, 0) is 18.0 Å². The van der Waals surface area contributed by atoms with Crippen LogP contribution in [0.3, 0.4) is 0 Å². The molecule has 1 N–H and O–H groups in total. The fourth-order valence-electron chi connectivity index (χ4n) is 7.10. The van der Waals surface area contributed by atoms with E-state index in [0.29, 0.717) is 31.1 Å². The van der Waals surface area contributed by atoms with Gasteiger partial charge in [0, 0.05) is 34.9 Å². The molecule has 0 saturated carbocycles. The number of carbonyl (C=O) groups is 2. The van der Waals surface area contributed by atoms with Crippen LogP contribution in [0.25, 0.3) is 33.9 Å². The Bertz CT molecular complexity index is 2850. The highest BCUT2D eigenvalue weighted by molar-refractivity contribution is 5.90. The smallest absolute Gasteiger partial charge is 0.339 e. The van der Waals surface area contributed by atoms with E-state index >= 15 is 0 Å². The number of carboxylic acids is 1. The van der Waals surface area contributed by atoms with Gasteiger partial charge in [0.05, 0.1) is 67.1 Å². The van der Waals surface area contributed by atoms with Gasteiger partial charge < -0.3 is 37.9 Å². The van der Waals surface area contributed by atoms with Gasteiger partial charge in [-0.2, -0.15) is 0 Å². The van der Waals surface area contributed by atoms with Gasteiger partial charge in [-0.05, 0) is 117 Å². The fourth-order valence-corrected chi connectivity index (χ4v) is 7.10. The Kier molecular flexibility index (Phi) is 14.2. The van der Waals surface area contributed by atoms with E-state index in [1.807, 2.05) is 140 Å². The standard InChI is InChI=1S/C27H26N2O4.C25H22N2O4/c1-4-32-27(30)21-15-22(17-28-16-21)29-19(2)9-14-25(29)24-7-5-6-8-26(24)33-18-20-10-12-23(31-3)13-11-20;1-17-7-12-23(27(17)20-13-19(25(28)29)14-26-15-20)22-5-3-4-6-24(22)31-16-18-8-10-21(30-2)11-9-18/h5-17H,4,18H2,1-3H3;3-15H,16H2,1-2H3,(H,28,29). The molecule has 0 spiro atoms. The molecule has 4 heterocycles. The molecule has 0 amide bonds. The number of ether oxygens (including phenoxy) is 5. The molecule has 12 heteroatoms. The van der Waals surface area contributed by atoms with Crippen LogP contribution in [0.1, 0.15) is 50.2 Å². The second kappa shape index (κ2) is 20.6. The Labute approximate surface area is 371 Å². The van der Waals surface area contributed by atoms with Crippen LogP contribution >= 0.6 is 0 Å². The number of esters is 1. The van der Waals surface area contributed by atoms with Gasteiger partial charge in [0.1, 0.15) is 36.2 Å². The molecule has 0 aliphatic heterocycles. The van der Waals surface area contributed by atoms with E-state index in [0.717, 1.165) is 73.7 Å². The van der Waals surface area contributed by atoms with E-state index in [1.165, 1.54) is 12.4 Å². The molecule has 4 aromatic heterocycles. The minimum absolute atomic E-state index is 0.139. The zero-order valence-corrected chi connectivity index (χ0v) is 36.2. The maximum atomic E-state index is 12.2. The van der Waals surface area contributed by atoms with Crippen LogP contribution in [-0.4, -0.2) is 57.0 Å².